The van der Waals surface area contributed by atoms with Crippen molar-refractivity contribution < 1.29 is 9.18 Å². The summed E-state index contributed by atoms with van der Waals surface area (Å²) in [5.41, 5.74) is 6.01. The maximum Gasteiger partial charge on any atom is 0.219 e. The smallest absolute Gasteiger partial charge is 0.219 e. The Morgan fingerprint density at radius 2 is 1.62 bits per heavy atom. The molecule has 1 heterocycles. The number of carbonyl (C=O) groups is 1. The highest BCUT2D eigenvalue weighted by atomic mass is 19.1. The van der Waals surface area contributed by atoms with E-state index in [0.29, 0.717) is 11.1 Å². The van der Waals surface area contributed by atoms with E-state index in [1.165, 1.54) is 36.7 Å². The van der Waals surface area contributed by atoms with E-state index in [9.17, 15) is 9.18 Å². The molecule has 0 radical (unpaired) electrons. The summed E-state index contributed by atoms with van der Waals surface area (Å²) in [6.07, 6.45) is 2.68. The van der Waals surface area contributed by atoms with Gasteiger partial charge in [-0.3, -0.25) is 4.79 Å². The minimum atomic E-state index is -0.384. The molecule has 0 fully saturated rings. The van der Waals surface area contributed by atoms with Crippen molar-refractivity contribution >= 4 is 11.7 Å². The van der Waals surface area contributed by atoms with Crippen molar-refractivity contribution in [2.45, 2.75) is 0 Å². The monoisotopic (exact) mass is 217 g/mol. The number of hydrogen-bond donors (Lipinski definition) is 1. The average molecular weight is 217 g/mol. The molecule has 2 N–H and O–H groups in total. The molecule has 0 bridgehead atoms. The van der Waals surface area contributed by atoms with Crippen LogP contribution in [0, 0.1) is 5.82 Å². The van der Waals surface area contributed by atoms with Gasteiger partial charge in [-0.05, 0) is 24.3 Å². The maximum absolute atomic E-state index is 12.7. The summed E-state index contributed by atoms with van der Waals surface area (Å²) in [4.78, 5) is 19.3. The van der Waals surface area contributed by atoms with Crippen molar-refractivity contribution in [2.24, 2.45) is 0 Å². The fourth-order valence-corrected chi connectivity index (χ4v) is 1.22. The summed E-state index contributed by atoms with van der Waals surface area (Å²) >= 11 is 0. The van der Waals surface area contributed by atoms with Gasteiger partial charge in [-0.15, -0.1) is 0 Å². The fraction of sp³-hybridized carbons (Fsp3) is 0. The van der Waals surface area contributed by atoms with E-state index in [1.54, 1.807) is 0 Å². The summed E-state index contributed by atoms with van der Waals surface area (Å²) in [6.45, 7) is 0. The number of rotatable bonds is 2. The molecule has 0 spiro atoms. The van der Waals surface area contributed by atoms with E-state index in [-0.39, 0.29) is 17.5 Å². The molecule has 1 aromatic carbocycles. The Balaban J connectivity index is 2.32. The topological polar surface area (TPSA) is 68.9 Å². The van der Waals surface area contributed by atoms with Crippen LogP contribution in [-0.4, -0.2) is 15.8 Å². The summed E-state index contributed by atoms with van der Waals surface area (Å²) in [5, 5.41) is 0. The van der Waals surface area contributed by atoms with E-state index in [4.69, 9.17) is 5.73 Å². The highest BCUT2D eigenvalue weighted by Gasteiger charge is 2.09. The third-order valence-corrected chi connectivity index (χ3v) is 2.04. The van der Waals surface area contributed by atoms with Gasteiger partial charge in [0.15, 0.2) is 5.78 Å². The number of ketones is 1. The molecule has 5 heteroatoms. The summed E-state index contributed by atoms with van der Waals surface area (Å²) in [7, 11) is 0. The molecule has 2 aromatic rings. The van der Waals surface area contributed by atoms with Gasteiger partial charge < -0.3 is 5.73 Å². The fourth-order valence-electron chi connectivity index (χ4n) is 1.22. The molecular weight excluding hydrogens is 209 g/mol. The van der Waals surface area contributed by atoms with Gasteiger partial charge in [-0.1, -0.05) is 0 Å². The Bertz CT molecular complexity index is 460. The van der Waals surface area contributed by atoms with Crippen LogP contribution in [0.1, 0.15) is 15.9 Å². The van der Waals surface area contributed by atoms with Crippen LogP contribution in [0.2, 0.25) is 0 Å². The number of anilines is 1. The summed E-state index contributed by atoms with van der Waals surface area (Å²) in [6, 6.07) is 5.28. The first kappa shape index (κ1) is 10.2. The molecule has 0 amide bonds. The molecule has 0 saturated carbocycles. The lowest BCUT2D eigenvalue weighted by atomic mass is 10.1. The van der Waals surface area contributed by atoms with Crippen molar-refractivity contribution in [1.29, 1.82) is 0 Å². The zero-order valence-corrected chi connectivity index (χ0v) is 8.22. The third-order valence-electron chi connectivity index (χ3n) is 2.04. The van der Waals surface area contributed by atoms with Crippen LogP contribution < -0.4 is 5.73 Å². The lowest BCUT2D eigenvalue weighted by Crippen LogP contribution is -2.04. The zero-order valence-electron chi connectivity index (χ0n) is 8.22. The molecular formula is C11H8FN3O. The van der Waals surface area contributed by atoms with Gasteiger partial charge in [-0.25, -0.2) is 14.4 Å². The Labute approximate surface area is 91.0 Å². The first-order valence-corrected chi connectivity index (χ1v) is 4.54. The van der Waals surface area contributed by atoms with Crippen LogP contribution in [0.3, 0.4) is 0 Å². The van der Waals surface area contributed by atoms with E-state index in [0.717, 1.165) is 0 Å². The highest BCUT2D eigenvalue weighted by molar-refractivity contribution is 6.08. The number of benzene rings is 1. The minimum Gasteiger partial charge on any atom is -0.368 e. The van der Waals surface area contributed by atoms with Crippen LogP contribution in [-0.2, 0) is 0 Å². The molecule has 0 aliphatic carbocycles. The molecule has 80 valence electrons. The molecule has 0 aliphatic heterocycles. The highest BCUT2D eigenvalue weighted by Crippen LogP contribution is 2.09. The Morgan fingerprint density at radius 3 is 2.19 bits per heavy atom. The Kier molecular flexibility index (Phi) is 2.59. The van der Waals surface area contributed by atoms with Crippen LogP contribution in [0.15, 0.2) is 36.7 Å². The predicted octanol–water partition coefficient (Wildman–Crippen LogP) is 1.43. The van der Waals surface area contributed by atoms with Crippen LogP contribution in [0.5, 0.6) is 0 Å². The van der Waals surface area contributed by atoms with Crippen LogP contribution in [0.4, 0.5) is 10.3 Å². The van der Waals surface area contributed by atoms with E-state index >= 15 is 0 Å². The number of carbonyl (C=O) groups excluding carboxylic acids is 1. The first-order chi connectivity index (χ1) is 7.66. The number of nitrogens with two attached hydrogens (primary N) is 1. The van der Waals surface area contributed by atoms with Crippen molar-refractivity contribution in [3.8, 4) is 0 Å². The summed E-state index contributed by atoms with van der Waals surface area (Å²) < 4.78 is 12.7. The van der Waals surface area contributed by atoms with Gasteiger partial charge in [0, 0.05) is 18.0 Å². The van der Waals surface area contributed by atoms with Gasteiger partial charge in [0.25, 0.3) is 0 Å². The number of hydrogen-bond acceptors (Lipinski definition) is 4. The second kappa shape index (κ2) is 4.06. The second-order valence-electron chi connectivity index (χ2n) is 3.17. The minimum absolute atomic E-state index is 0.107. The number of halogens is 1. The molecule has 16 heavy (non-hydrogen) atoms. The van der Waals surface area contributed by atoms with E-state index in [1.807, 2.05) is 0 Å². The average Bonchev–Trinajstić information content (AvgIpc) is 2.30. The molecule has 0 atom stereocenters. The van der Waals surface area contributed by atoms with Gasteiger partial charge in [-0.2, -0.15) is 0 Å². The lowest BCUT2D eigenvalue weighted by molar-refractivity contribution is 0.103. The molecule has 0 unspecified atom stereocenters. The number of aromatic nitrogens is 2. The molecule has 4 nitrogen and oxygen atoms in total. The zero-order chi connectivity index (χ0) is 11.5. The van der Waals surface area contributed by atoms with Gasteiger partial charge in [0.05, 0.1) is 5.56 Å². The van der Waals surface area contributed by atoms with Crippen LogP contribution >= 0.6 is 0 Å². The van der Waals surface area contributed by atoms with Crippen molar-refractivity contribution in [3.05, 3.63) is 53.6 Å². The lowest BCUT2D eigenvalue weighted by Gasteiger charge is -2.00. The maximum atomic E-state index is 12.7. The van der Waals surface area contributed by atoms with E-state index < -0.39 is 0 Å². The van der Waals surface area contributed by atoms with Crippen molar-refractivity contribution in [2.75, 3.05) is 5.73 Å². The SMILES string of the molecule is Nc1ncc(C(=O)c2ccc(F)cc2)cn1. The molecule has 0 saturated heterocycles. The number of nitrogens with zero attached hydrogens (tertiary/aromatic N) is 2. The second-order valence-corrected chi connectivity index (χ2v) is 3.17. The Hall–Kier alpha value is -2.30. The normalized spacial score (nSPS) is 10.1. The first-order valence-electron chi connectivity index (χ1n) is 4.54. The van der Waals surface area contributed by atoms with Gasteiger partial charge >= 0.3 is 0 Å². The van der Waals surface area contributed by atoms with Crippen molar-refractivity contribution in [3.63, 3.8) is 0 Å². The Morgan fingerprint density at radius 1 is 1.06 bits per heavy atom. The van der Waals surface area contributed by atoms with E-state index in [2.05, 4.69) is 9.97 Å². The van der Waals surface area contributed by atoms with Crippen LogP contribution in [0.25, 0.3) is 0 Å². The van der Waals surface area contributed by atoms with Gasteiger partial charge in [0.2, 0.25) is 5.95 Å². The predicted molar refractivity (Wildman–Crippen MR) is 56.3 cm³/mol. The molecule has 0 aliphatic rings. The number of nitrogen functional groups attached to an aromatic ring is 1. The van der Waals surface area contributed by atoms with Crippen molar-refractivity contribution in [1.82, 2.24) is 9.97 Å². The quantitative estimate of drug-likeness (QED) is 0.772. The molecule has 1 aromatic heterocycles. The standard InChI is InChI=1S/C11H8FN3O/c12-9-3-1-7(2-4-9)10(16)8-5-14-11(13)15-6-8/h1-6H,(H2,13,14,15). The van der Waals surface area contributed by atoms with Gasteiger partial charge in [0.1, 0.15) is 5.82 Å². The molecule has 2 rings (SSSR count). The third kappa shape index (κ3) is 2.03. The largest absolute Gasteiger partial charge is 0.368 e. The summed E-state index contributed by atoms with van der Waals surface area (Å²) in [5.74, 6) is -0.541.